The van der Waals surface area contributed by atoms with Crippen molar-refractivity contribution >= 4 is 11.8 Å². The fourth-order valence-corrected chi connectivity index (χ4v) is 2.04. The van der Waals surface area contributed by atoms with Gasteiger partial charge in [-0.05, 0) is 24.7 Å². The summed E-state index contributed by atoms with van der Waals surface area (Å²) in [4.78, 5) is 0.232. The number of benzene rings is 1. The van der Waals surface area contributed by atoms with Gasteiger partial charge in [-0.15, -0.1) is 11.8 Å². The van der Waals surface area contributed by atoms with Gasteiger partial charge in [-0.25, -0.2) is 8.78 Å². The van der Waals surface area contributed by atoms with Crippen molar-refractivity contribution in [3.8, 4) is 0 Å². The first-order valence-corrected chi connectivity index (χ1v) is 6.08. The fourth-order valence-electron chi connectivity index (χ4n) is 1.14. The van der Waals surface area contributed by atoms with Gasteiger partial charge in [0.2, 0.25) is 0 Å². The second-order valence-corrected chi connectivity index (χ2v) is 4.41. The number of likely N-dealkylation sites (N-methyl/N-ethyl adjacent to an activating group) is 1. The number of nitrogens with one attached hydrogen (secondary N) is 1. The molecule has 0 radical (unpaired) electrons. The number of thioether (sulfide) groups is 1. The van der Waals surface area contributed by atoms with Crippen molar-refractivity contribution in [1.29, 1.82) is 0 Å². The van der Waals surface area contributed by atoms with Crippen LogP contribution in [0.1, 0.15) is 6.92 Å². The van der Waals surface area contributed by atoms with Crippen LogP contribution in [-0.2, 0) is 0 Å². The smallest absolute Gasteiger partial charge is 0.136 e. The van der Waals surface area contributed by atoms with Crippen LogP contribution in [0.5, 0.6) is 0 Å². The van der Waals surface area contributed by atoms with Crippen molar-refractivity contribution in [2.75, 3.05) is 18.8 Å². The molecule has 1 aromatic rings. The molecule has 0 aliphatic rings. The third-order valence-corrected chi connectivity index (χ3v) is 3.13. The van der Waals surface area contributed by atoms with E-state index in [1.807, 2.05) is 6.92 Å². The lowest BCUT2D eigenvalue weighted by Crippen LogP contribution is -2.28. The summed E-state index contributed by atoms with van der Waals surface area (Å²) in [5.74, 6) is -0.583. The van der Waals surface area contributed by atoms with Crippen molar-refractivity contribution in [2.24, 2.45) is 0 Å². The molecule has 0 bridgehead atoms. The van der Waals surface area contributed by atoms with E-state index in [1.165, 1.54) is 0 Å². The predicted octanol–water partition coefficient (Wildman–Crippen LogP) is 2.03. The summed E-state index contributed by atoms with van der Waals surface area (Å²) < 4.78 is 26.0. The van der Waals surface area contributed by atoms with Gasteiger partial charge < -0.3 is 10.4 Å². The highest BCUT2D eigenvalue weighted by molar-refractivity contribution is 7.99. The van der Waals surface area contributed by atoms with Gasteiger partial charge >= 0.3 is 0 Å². The fraction of sp³-hybridized carbons (Fsp3) is 0.455. The van der Waals surface area contributed by atoms with Crippen molar-refractivity contribution in [2.45, 2.75) is 17.9 Å². The van der Waals surface area contributed by atoms with Gasteiger partial charge in [0.1, 0.15) is 11.6 Å². The molecule has 0 aromatic heterocycles. The van der Waals surface area contributed by atoms with E-state index in [0.717, 1.165) is 36.5 Å². The molecule has 0 heterocycles. The summed E-state index contributed by atoms with van der Waals surface area (Å²) in [6.45, 7) is 3.17. The maximum atomic E-state index is 13.2. The summed E-state index contributed by atoms with van der Waals surface area (Å²) in [7, 11) is 0. The Morgan fingerprint density at radius 2 is 2.19 bits per heavy atom. The van der Waals surface area contributed by atoms with E-state index in [4.69, 9.17) is 0 Å². The normalized spacial score (nSPS) is 12.8. The van der Waals surface area contributed by atoms with Crippen molar-refractivity contribution < 1.29 is 13.9 Å². The first kappa shape index (κ1) is 13.4. The number of rotatable bonds is 6. The Morgan fingerprint density at radius 3 is 2.88 bits per heavy atom. The van der Waals surface area contributed by atoms with Crippen LogP contribution < -0.4 is 5.32 Å². The molecular weight excluding hydrogens is 232 g/mol. The molecule has 1 aromatic carbocycles. The minimum Gasteiger partial charge on any atom is -0.391 e. The lowest BCUT2D eigenvalue weighted by atomic mass is 10.3. The van der Waals surface area contributed by atoms with Crippen LogP contribution in [0.4, 0.5) is 8.78 Å². The van der Waals surface area contributed by atoms with E-state index in [1.54, 1.807) is 0 Å². The van der Waals surface area contributed by atoms with Gasteiger partial charge in [-0.1, -0.05) is 6.92 Å². The highest BCUT2D eigenvalue weighted by Crippen LogP contribution is 2.23. The Morgan fingerprint density at radius 1 is 1.44 bits per heavy atom. The molecule has 2 N–H and O–H groups in total. The lowest BCUT2D eigenvalue weighted by molar-refractivity contribution is 0.197. The molecule has 16 heavy (non-hydrogen) atoms. The monoisotopic (exact) mass is 247 g/mol. The van der Waals surface area contributed by atoms with Crippen molar-refractivity contribution in [1.82, 2.24) is 5.32 Å². The van der Waals surface area contributed by atoms with Crippen LogP contribution in [0.2, 0.25) is 0 Å². The number of aliphatic hydroxyl groups is 1. The SMILES string of the molecule is CCNCC(O)CSc1cc(F)ccc1F. The van der Waals surface area contributed by atoms with Gasteiger partial charge in [-0.3, -0.25) is 0 Å². The van der Waals surface area contributed by atoms with Crippen LogP contribution in [0, 0.1) is 11.6 Å². The molecule has 1 atom stereocenters. The maximum absolute atomic E-state index is 13.2. The number of hydrogen-bond donors (Lipinski definition) is 2. The molecule has 90 valence electrons. The van der Waals surface area contributed by atoms with Crippen molar-refractivity contribution in [3.05, 3.63) is 29.8 Å². The largest absolute Gasteiger partial charge is 0.391 e. The summed E-state index contributed by atoms with van der Waals surface area (Å²) in [6.07, 6.45) is -0.562. The van der Waals surface area contributed by atoms with Crippen LogP contribution in [-0.4, -0.2) is 30.1 Å². The molecule has 2 nitrogen and oxygen atoms in total. The van der Waals surface area contributed by atoms with Crippen LogP contribution in [0.25, 0.3) is 0 Å². The summed E-state index contributed by atoms with van der Waals surface area (Å²) in [5, 5.41) is 12.5. The predicted molar refractivity (Wildman–Crippen MR) is 61.6 cm³/mol. The second kappa shape index (κ2) is 6.83. The van der Waals surface area contributed by atoms with E-state index in [-0.39, 0.29) is 4.90 Å². The third-order valence-electron chi connectivity index (χ3n) is 1.95. The average molecular weight is 247 g/mol. The van der Waals surface area contributed by atoms with E-state index in [0.29, 0.717) is 12.3 Å². The molecular formula is C11H15F2NOS. The Balaban J connectivity index is 2.44. The molecule has 5 heteroatoms. The molecule has 1 unspecified atom stereocenters. The summed E-state index contributed by atoms with van der Waals surface area (Å²) in [6, 6.07) is 3.31. The zero-order chi connectivity index (χ0) is 12.0. The number of aliphatic hydroxyl groups excluding tert-OH is 1. The molecule has 0 saturated carbocycles. The summed E-state index contributed by atoms with van der Waals surface area (Å²) in [5.41, 5.74) is 0. The number of hydrogen-bond acceptors (Lipinski definition) is 3. The van der Waals surface area contributed by atoms with Crippen LogP contribution in [0.3, 0.4) is 0 Å². The maximum Gasteiger partial charge on any atom is 0.136 e. The standard InChI is InChI=1S/C11H15F2NOS/c1-2-14-6-9(15)7-16-11-5-8(12)3-4-10(11)13/h3-5,9,14-15H,2,6-7H2,1H3. The zero-order valence-electron chi connectivity index (χ0n) is 9.04. The highest BCUT2D eigenvalue weighted by atomic mass is 32.2. The third kappa shape index (κ3) is 4.47. The van der Waals surface area contributed by atoms with Crippen LogP contribution >= 0.6 is 11.8 Å². The minimum atomic E-state index is -0.562. The van der Waals surface area contributed by atoms with Crippen molar-refractivity contribution in [3.63, 3.8) is 0 Å². The highest BCUT2D eigenvalue weighted by Gasteiger charge is 2.08. The molecule has 1 rings (SSSR count). The second-order valence-electron chi connectivity index (χ2n) is 3.35. The first-order chi connectivity index (χ1) is 7.63. The van der Waals surface area contributed by atoms with E-state index >= 15 is 0 Å². The van der Waals surface area contributed by atoms with Crippen LogP contribution in [0.15, 0.2) is 23.1 Å². The molecule has 0 spiro atoms. The van der Waals surface area contributed by atoms with E-state index in [2.05, 4.69) is 5.32 Å². The van der Waals surface area contributed by atoms with Gasteiger partial charge in [0, 0.05) is 17.2 Å². The summed E-state index contributed by atoms with van der Waals surface area (Å²) >= 11 is 1.11. The van der Waals surface area contributed by atoms with Gasteiger partial charge in [0.25, 0.3) is 0 Å². The molecule has 0 aliphatic carbocycles. The Hall–Kier alpha value is -0.650. The molecule has 0 fully saturated rings. The Labute approximate surface area is 98.1 Å². The Bertz CT molecular complexity index is 336. The zero-order valence-corrected chi connectivity index (χ0v) is 9.86. The van der Waals surface area contributed by atoms with Gasteiger partial charge in [0.15, 0.2) is 0 Å². The van der Waals surface area contributed by atoms with Gasteiger partial charge in [-0.2, -0.15) is 0 Å². The average Bonchev–Trinajstić information content (AvgIpc) is 2.27. The minimum absolute atomic E-state index is 0.232. The topological polar surface area (TPSA) is 32.3 Å². The first-order valence-electron chi connectivity index (χ1n) is 5.10. The number of halogens is 2. The Kier molecular flexibility index (Phi) is 5.73. The quantitative estimate of drug-likeness (QED) is 0.754. The van der Waals surface area contributed by atoms with E-state index in [9.17, 15) is 13.9 Å². The van der Waals surface area contributed by atoms with Gasteiger partial charge in [0.05, 0.1) is 6.10 Å². The molecule has 0 amide bonds. The lowest BCUT2D eigenvalue weighted by Gasteiger charge is -2.10. The van der Waals surface area contributed by atoms with E-state index < -0.39 is 17.7 Å². The molecule has 0 saturated heterocycles. The molecule has 0 aliphatic heterocycles.